The van der Waals surface area contributed by atoms with Crippen molar-refractivity contribution in [3.8, 4) is 5.75 Å². The Bertz CT molecular complexity index is 273. The van der Waals surface area contributed by atoms with Gasteiger partial charge < -0.3 is 10.5 Å². The minimum Gasteiger partial charge on any atom is -0.490 e. The lowest BCUT2D eigenvalue weighted by Crippen LogP contribution is -2.33. The van der Waals surface area contributed by atoms with Crippen LogP contribution in [0, 0.1) is 0 Å². The van der Waals surface area contributed by atoms with E-state index in [2.05, 4.69) is 0 Å². The molecule has 1 saturated carbocycles. The lowest BCUT2D eigenvalue weighted by Gasteiger charge is -2.27. The van der Waals surface area contributed by atoms with Crippen LogP contribution >= 0.6 is 0 Å². The van der Waals surface area contributed by atoms with Crippen LogP contribution in [-0.2, 0) is 0 Å². The van der Waals surface area contributed by atoms with Crippen LogP contribution in [0.15, 0.2) is 30.3 Å². The van der Waals surface area contributed by atoms with Gasteiger partial charge in [0, 0.05) is 6.04 Å². The highest BCUT2D eigenvalue weighted by Gasteiger charge is 2.20. The first-order valence-corrected chi connectivity index (χ1v) is 5.32. The summed E-state index contributed by atoms with van der Waals surface area (Å²) in [6, 6.07) is 10.3. The summed E-state index contributed by atoms with van der Waals surface area (Å²) in [6.07, 6.45) is 4.80. The van der Waals surface area contributed by atoms with Crippen LogP contribution in [0.25, 0.3) is 0 Å². The molecule has 2 nitrogen and oxygen atoms in total. The predicted octanol–water partition coefficient (Wildman–Crippen LogP) is 2.34. The van der Waals surface area contributed by atoms with Crippen molar-refractivity contribution in [2.75, 3.05) is 0 Å². The molecule has 76 valence electrons. The van der Waals surface area contributed by atoms with E-state index in [0.717, 1.165) is 25.0 Å². The van der Waals surface area contributed by atoms with Crippen LogP contribution in [0.2, 0.25) is 0 Å². The van der Waals surface area contributed by atoms with Crippen LogP contribution in [-0.4, -0.2) is 12.1 Å². The van der Waals surface area contributed by atoms with E-state index in [1.807, 2.05) is 30.3 Å². The summed E-state index contributed by atoms with van der Waals surface area (Å²) < 4.78 is 5.85. The third kappa shape index (κ3) is 2.48. The maximum atomic E-state index is 5.90. The molecule has 0 saturated heterocycles. The molecule has 1 aromatic carbocycles. The molecule has 0 radical (unpaired) electrons. The van der Waals surface area contributed by atoms with Crippen LogP contribution in [0.4, 0.5) is 0 Å². The molecule has 1 fully saturated rings. The van der Waals surface area contributed by atoms with Gasteiger partial charge in [-0.3, -0.25) is 0 Å². The van der Waals surface area contributed by atoms with Gasteiger partial charge in [-0.2, -0.15) is 0 Å². The van der Waals surface area contributed by atoms with Crippen molar-refractivity contribution in [2.45, 2.75) is 37.8 Å². The Morgan fingerprint density at radius 1 is 1.14 bits per heavy atom. The SMILES string of the molecule is N[C@@H]1CCC[C@H](Oc2ccccc2)C1. The van der Waals surface area contributed by atoms with Gasteiger partial charge in [-0.15, -0.1) is 0 Å². The standard InChI is InChI=1S/C12H17NO/c13-10-5-4-8-12(9-10)14-11-6-2-1-3-7-11/h1-3,6-7,10,12H,4-5,8-9,13H2/t10-,12+/m1/s1. The minimum absolute atomic E-state index is 0.321. The Morgan fingerprint density at radius 3 is 2.64 bits per heavy atom. The zero-order valence-corrected chi connectivity index (χ0v) is 8.36. The molecule has 1 aromatic rings. The second-order valence-electron chi connectivity index (χ2n) is 3.98. The van der Waals surface area contributed by atoms with Gasteiger partial charge in [0.1, 0.15) is 11.9 Å². The summed E-state index contributed by atoms with van der Waals surface area (Å²) in [4.78, 5) is 0. The largest absolute Gasteiger partial charge is 0.490 e. The zero-order valence-electron chi connectivity index (χ0n) is 8.36. The third-order valence-electron chi connectivity index (χ3n) is 2.71. The first-order valence-electron chi connectivity index (χ1n) is 5.32. The Balaban J connectivity index is 1.91. The van der Waals surface area contributed by atoms with Crippen LogP contribution in [0.5, 0.6) is 5.75 Å². The molecule has 2 rings (SSSR count). The minimum atomic E-state index is 0.321. The normalized spacial score (nSPS) is 27.2. The zero-order chi connectivity index (χ0) is 9.80. The number of rotatable bonds is 2. The third-order valence-corrected chi connectivity index (χ3v) is 2.71. The van der Waals surface area contributed by atoms with E-state index in [1.165, 1.54) is 6.42 Å². The van der Waals surface area contributed by atoms with Gasteiger partial charge in [-0.25, -0.2) is 0 Å². The van der Waals surface area contributed by atoms with Crippen LogP contribution in [0.3, 0.4) is 0 Å². The van der Waals surface area contributed by atoms with E-state index in [9.17, 15) is 0 Å². The number of hydrogen-bond acceptors (Lipinski definition) is 2. The molecule has 0 amide bonds. The number of benzene rings is 1. The van der Waals surface area contributed by atoms with Gasteiger partial charge in [0.25, 0.3) is 0 Å². The summed E-state index contributed by atoms with van der Waals surface area (Å²) in [5.74, 6) is 0.964. The van der Waals surface area contributed by atoms with Crippen molar-refractivity contribution >= 4 is 0 Å². The quantitative estimate of drug-likeness (QED) is 0.778. The molecule has 0 aromatic heterocycles. The Morgan fingerprint density at radius 2 is 1.93 bits per heavy atom. The highest BCUT2D eigenvalue weighted by Crippen LogP contribution is 2.22. The van der Waals surface area contributed by atoms with E-state index in [0.29, 0.717) is 12.1 Å². The lowest BCUT2D eigenvalue weighted by molar-refractivity contribution is 0.144. The van der Waals surface area contributed by atoms with Crippen LogP contribution in [0.1, 0.15) is 25.7 Å². The first-order chi connectivity index (χ1) is 6.84. The van der Waals surface area contributed by atoms with Gasteiger partial charge in [-0.05, 0) is 37.8 Å². The summed E-state index contributed by atoms with van der Waals surface area (Å²) in [6.45, 7) is 0. The molecule has 0 bridgehead atoms. The summed E-state index contributed by atoms with van der Waals surface area (Å²) in [7, 11) is 0. The average Bonchev–Trinajstić information content (AvgIpc) is 2.19. The molecule has 2 heteroatoms. The smallest absolute Gasteiger partial charge is 0.119 e. The van der Waals surface area contributed by atoms with Gasteiger partial charge in [0.05, 0.1) is 0 Å². The summed E-state index contributed by atoms with van der Waals surface area (Å²) in [5.41, 5.74) is 5.90. The molecule has 0 unspecified atom stereocenters. The average molecular weight is 191 g/mol. The van der Waals surface area contributed by atoms with Crippen molar-refractivity contribution in [1.82, 2.24) is 0 Å². The van der Waals surface area contributed by atoms with Crippen molar-refractivity contribution < 1.29 is 4.74 Å². The molecule has 1 aliphatic rings. The number of nitrogens with two attached hydrogens (primary N) is 1. The van der Waals surface area contributed by atoms with E-state index < -0.39 is 0 Å². The highest BCUT2D eigenvalue weighted by molar-refractivity contribution is 5.21. The fourth-order valence-corrected chi connectivity index (χ4v) is 1.98. The topological polar surface area (TPSA) is 35.2 Å². The van der Waals surface area contributed by atoms with Crippen molar-refractivity contribution in [3.05, 3.63) is 30.3 Å². The van der Waals surface area contributed by atoms with E-state index in [1.54, 1.807) is 0 Å². The Kier molecular flexibility index (Phi) is 3.04. The van der Waals surface area contributed by atoms with Crippen molar-refractivity contribution in [2.24, 2.45) is 5.73 Å². The highest BCUT2D eigenvalue weighted by atomic mass is 16.5. The van der Waals surface area contributed by atoms with Gasteiger partial charge in [0.15, 0.2) is 0 Å². The molecule has 0 heterocycles. The van der Waals surface area contributed by atoms with Crippen molar-refractivity contribution in [1.29, 1.82) is 0 Å². The lowest BCUT2D eigenvalue weighted by atomic mass is 9.93. The van der Waals surface area contributed by atoms with Crippen molar-refractivity contribution in [3.63, 3.8) is 0 Å². The number of ether oxygens (including phenoxy) is 1. The molecule has 2 atom stereocenters. The first kappa shape index (κ1) is 9.53. The molecule has 14 heavy (non-hydrogen) atoms. The van der Waals surface area contributed by atoms with E-state index in [4.69, 9.17) is 10.5 Å². The second kappa shape index (κ2) is 4.47. The molecular weight excluding hydrogens is 174 g/mol. The summed E-state index contributed by atoms with van der Waals surface area (Å²) >= 11 is 0. The van der Waals surface area contributed by atoms with E-state index in [-0.39, 0.29) is 0 Å². The fraction of sp³-hybridized carbons (Fsp3) is 0.500. The Hall–Kier alpha value is -1.02. The number of hydrogen-bond donors (Lipinski definition) is 1. The fourth-order valence-electron chi connectivity index (χ4n) is 1.98. The maximum Gasteiger partial charge on any atom is 0.119 e. The van der Waals surface area contributed by atoms with Gasteiger partial charge in [0.2, 0.25) is 0 Å². The summed E-state index contributed by atoms with van der Waals surface area (Å²) in [5, 5.41) is 0. The van der Waals surface area contributed by atoms with E-state index >= 15 is 0 Å². The molecular formula is C12H17NO. The van der Waals surface area contributed by atoms with Gasteiger partial charge >= 0.3 is 0 Å². The molecule has 0 spiro atoms. The predicted molar refractivity (Wildman–Crippen MR) is 57.3 cm³/mol. The monoisotopic (exact) mass is 191 g/mol. The number of para-hydroxylation sites is 1. The molecule has 1 aliphatic carbocycles. The molecule has 2 N–H and O–H groups in total. The van der Waals surface area contributed by atoms with Crippen LogP contribution < -0.4 is 10.5 Å². The Labute approximate surface area is 85.1 Å². The molecule has 0 aliphatic heterocycles. The maximum absolute atomic E-state index is 5.90. The second-order valence-corrected chi connectivity index (χ2v) is 3.98. The van der Waals surface area contributed by atoms with Gasteiger partial charge in [-0.1, -0.05) is 18.2 Å².